The van der Waals surface area contributed by atoms with E-state index in [1.165, 1.54) is 13.8 Å². The number of aliphatic hydroxyl groups excluding tert-OH is 1. The molecule has 1 aliphatic heterocycles. The largest absolute Gasteiger partial charge is 0.463 e. The molecular weight excluding hydrogens is 326 g/mol. The van der Waals surface area contributed by atoms with Gasteiger partial charge in [-0.3, -0.25) is 19.2 Å². The van der Waals surface area contributed by atoms with Crippen molar-refractivity contribution in [3.05, 3.63) is 0 Å². The lowest BCUT2D eigenvalue weighted by atomic mass is 9.96. The van der Waals surface area contributed by atoms with Crippen molar-refractivity contribution in [2.75, 3.05) is 6.61 Å². The number of hydrogen-bond acceptors (Lipinski definition) is 9. The quantitative estimate of drug-likeness (QED) is 0.456. The topological polar surface area (TPSA) is 137 Å². The van der Waals surface area contributed by atoms with Gasteiger partial charge in [-0.05, 0) is 0 Å². The average Bonchev–Trinajstić information content (AvgIpc) is 2.42. The van der Waals surface area contributed by atoms with Gasteiger partial charge in [0.1, 0.15) is 18.8 Å². The zero-order valence-corrected chi connectivity index (χ0v) is 13.8. The van der Waals surface area contributed by atoms with Gasteiger partial charge >= 0.3 is 17.9 Å². The first kappa shape index (κ1) is 19.8. The Bertz CT molecular complexity index is 506. The van der Waals surface area contributed by atoms with Gasteiger partial charge in [0, 0.05) is 27.7 Å². The Morgan fingerprint density at radius 1 is 0.958 bits per heavy atom. The summed E-state index contributed by atoms with van der Waals surface area (Å²) < 4.78 is 20.3. The molecule has 10 nitrogen and oxygen atoms in total. The van der Waals surface area contributed by atoms with Crippen molar-refractivity contribution in [1.82, 2.24) is 5.32 Å². The second-order valence-electron chi connectivity index (χ2n) is 5.24. The van der Waals surface area contributed by atoms with Gasteiger partial charge in [0.2, 0.25) is 5.91 Å². The Morgan fingerprint density at radius 3 is 1.96 bits per heavy atom. The number of ether oxygens (including phenoxy) is 4. The fraction of sp³-hybridized carbons (Fsp3) is 0.714. The summed E-state index contributed by atoms with van der Waals surface area (Å²) in [6.45, 7) is 4.28. The minimum Gasteiger partial charge on any atom is -0.463 e. The number of aliphatic hydroxyl groups is 1. The SMILES string of the molecule is CC(=O)NC1C(O)OC(COC(C)=O)[C@@H](OC(C)=O)[C@@H]1OC(C)=O. The Labute approximate surface area is 138 Å². The van der Waals surface area contributed by atoms with E-state index < -0.39 is 54.5 Å². The molecule has 2 N–H and O–H groups in total. The van der Waals surface area contributed by atoms with Crippen molar-refractivity contribution in [3.8, 4) is 0 Å². The summed E-state index contributed by atoms with van der Waals surface area (Å²) in [5, 5.41) is 12.5. The molecule has 136 valence electrons. The second kappa shape index (κ2) is 8.60. The monoisotopic (exact) mass is 347 g/mol. The summed E-state index contributed by atoms with van der Waals surface area (Å²) in [7, 11) is 0. The molecule has 0 aromatic heterocycles. The predicted octanol–water partition coefficient (Wildman–Crippen LogP) is -1.37. The summed E-state index contributed by atoms with van der Waals surface area (Å²) in [4.78, 5) is 45.0. The van der Waals surface area contributed by atoms with E-state index in [4.69, 9.17) is 18.9 Å². The van der Waals surface area contributed by atoms with Crippen LogP contribution in [-0.4, -0.2) is 66.2 Å². The van der Waals surface area contributed by atoms with Crippen LogP contribution < -0.4 is 5.32 Å². The maximum atomic E-state index is 11.4. The lowest BCUT2D eigenvalue weighted by Crippen LogP contribution is -2.66. The van der Waals surface area contributed by atoms with Crippen LogP contribution in [0.5, 0.6) is 0 Å². The molecule has 0 radical (unpaired) electrons. The van der Waals surface area contributed by atoms with Gasteiger partial charge in [-0.15, -0.1) is 0 Å². The molecule has 1 heterocycles. The molecule has 0 saturated carbocycles. The van der Waals surface area contributed by atoms with Crippen molar-refractivity contribution in [2.45, 2.75) is 58.3 Å². The van der Waals surface area contributed by atoms with Gasteiger partial charge in [0.25, 0.3) is 0 Å². The van der Waals surface area contributed by atoms with Crippen molar-refractivity contribution in [3.63, 3.8) is 0 Å². The minimum atomic E-state index is -1.56. The van der Waals surface area contributed by atoms with Crippen LogP contribution in [-0.2, 0) is 38.1 Å². The summed E-state index contributed by atoms with van der Waals surface area (Å²) >= 11 is 0. The smallest absolute Gasteiger partial charge is 0.303 e. The van der Waals surface area contributed by atoms with Crippen molar-refractivity contribution in [2.24, 2.45) is 0 Å². The second-order valence-corrected chi connectivity index (χ2v) is 5.24. The van der Waals surface area contributed by atoms with Crippen molar-refractivity contribution >= 4 is 23.8 Å². The summed E-state index contributed by atoms with van der Waals surface area (Å²) in [6.07, 6.45) is -5.06. The van der Waals surface area contributed by atoms with Crippen LogP contribution in [0.3, 0.4) is 0 Å². The third kappa shape index (κ3) is 5.78. The Morgan fingerprint density at radius 2 is 1.50 bits per heavy atom. The molecule has 1 saturated heterocycles. The minimum absolute atomic E-state index is 0.338. The molecular formula is C14H21NO9. The van der Waals surface area contributed by atoms with Gasteiger partial charge in [-0.2, -0.15) is 0 Å². The van der Waals surface area contributed by atoms with Gasteiger partial charge in [0.15, 0.2) is 18.5 Å². The van der Waals surface area contributed by atoms with Crippen LogP contribution in [0, 0.1) is 0 Å². The molecule has 24 heavy (non-hydrogen) atoms. The van der Waals surface area contributed by atoms with E-state index in [1.807, 2.05) is 0 Å². The zero-order valence-electron chi connectivity index (χ0n) is 13.8. The fourth-order valence-electron chi connectivity index (χ4n) is 2.31. The molecule has 0 bridgehead atoms. The average molecular weight is 347 g/mol. The maximum absolute atomic E-state index is 11.4. The van der Waals surface area contributed by atoms with Crippen LogP contribution in [0.25, 0.3) is 0 Å². The molecule has 5 atom stereocenters. The zero-order chi connectivity index (χ0) is 18.4. The number of nitrogens with one attached hydrogen (secondary N) is 1. The molecule has 1 aliphatic rings. The van der Waals surface area contributed by atoms with Crippen molar-refractivity contribution < 1.29 is 43.2 Å². The highest BCUT2D eigenvalue weighted by molar-refractivity contribution is 5.73. The van der Waals surface area contributed by atoms with E-state index in [-0.39, 0.29) is 6.61 Å². The van der Waals surface area contributed by atoms with E-state index in [0.29, 0.717) is 0 Å². The highest BCUT2D eigenvalue weighted by Crippen LogP contribution is 2.26. The predicted molar refractivity (Wildman–Crippen MR) is 76.2 cm³/mol. The Kier molecular flexibility index (Phi) is 7.11. The van der Waals surface area contributed by atoms with Gasteiger partial charge in [-0.1, -0.05) is 0 Å². The summed E-state index contributed by atoms with van der Waals surface area (Å²) in [6, 6.07) is -1.16. The first-order valence-corrected chi connectivity index (χ1v) is 7.20. The molecule has 1 amide bonds. The third-order valence-corrected chi connectivity index (χ3v) is 3.09. The molecule has 0 aromatic carbocycles. The molecule has 1 rings (SSSR count). The Balaban J connectivity index is 3.11. The van der Waals surface area contributed by atoms with E-state index in [1.54, 1.807) is 0 Å². The van der Waals surface area contributed by atoms with E-state index in [9.17, 15) is 24.3 Å². The first-order valence-electron chi connectivity index (χ1n) is 7.20. The number of hydrogen-bond donors (Lipinski definition) is 2. The number of esters is 3. The number of carbonyl (C=O) groups excluding carboxylic acids is 4. The maximum Gasteiger partial charge on any atom is 0.303 e. The van der Waals surface area contributed by atoms with Crippen LogP contribution in [0.1, 0.15) is 27.7 Å². The van der Waals surface area contributed by atoms with Crippen LogP contribution in [0.4, 0.5) is 0 Å². The Hall–Kier alpha value is -2.20. The molecule has 0 spiro atoms. The normalized spacial score (nSPS) is 29.3. The highest BCUT2D eigenvalue weighted by atomic mass is 16.7. The van der Waals surface area contributed by atoms with Gasteiger partial charge in [0.05, 0.1) is 0 Å². The molecule has 10 heteroatoms. The van der Waals surface area contributed by atoms with Crippen LogP contribution >= 0.6 is 0 Å². The number of amides is 1. The lowest BCUT2D eigenvalue weighted by molar-refractivity contribution is -0.264. The standard InChI is InChI=1S/C14H21NO9/c1-6(16)15-11-13(23-9(4)19)12(22-8(3)18)10(24-14(11)20)5-21-7(2)17/h10-14,20H,5H2,1-4H3,(H,15,16)/t10?,11?,12-,13-,14?/m1/s1. The van der Waals surface area contributed by atoms with Gasteiger partial charge < -0.3 is 29.4 Å². The van der Waals surface area contributed by atoms with E-state index in [0.717, 1.165) is 13.8 Å². The van der Waals surface area contributed by atoms with Crippen LogP contribution in [0.15, 0.2) is 0 Å². The molecule has 1 fully saturated rings. The molecule has 3 unspecified atom stereocenters. The van der Waals surface area contributed by atoms with Crippen LogP contribution in [0.2, 0.25) is 0 Å². The van der Waals surface area contributed by atoms with E-state index in [2.05, 4.69) is 5.32 Å². The van der Waals surface area contributed by atoms with Crippen molar-refractivity contribution in [1.29, 1.82) is 0 Å². The summed E-state index contributed by atoms with van der Waals surface area (Å²) in [5.41, 5.74) is 0. The number of rotatable bonds is 5. The van der Waals surface area contributed by atoms with E-state index >= 15 is 0 Å². The van der Waals surface area contributed by atoms with Gasteiger partial charge in [-0.25, -0.2) is 0 Å². The summed E-state index contributed by atoms with van der Waals surface area (Å²) in [5.74, 6) is -2.54. The lowest BCUT2D eigenvalue weighted by Gasteiger charge is -2.43. The highest BCUT2D eigenvalue weighted by Gasteiger charge is 2.50. The third-order valence-electron chi connectivity index (χ3n) is 3.09. The fourth-order valence-corrected chi connectivity index (χ4v) is 2.31. The number of carbonyl (C=O) groups is 4. The first-order chi connectivity index (χ1) is 11.1. The molecule has 0 aliphatic carbocycles. The molecule has 0 aromatic rings.